The molecule has 1 fully saturated rings. The maximum Gasteiger partial charge on any atom is 0.227 e. The molecule has 1 unspecified atom stereocenters. The van der Waals surface area contributed by atoms with Crippen LogP contribution in [0.25, 0.3) is 23.0 Å². The lowest BCUT2D eigenvalue weighted by molar-refractivity contribution is 0.0955. The Balaban J connectivity index is 1.35. The largest absolute Gasteiger partial charge is 0.440 e. The highest BCUT2D eigenvalue weighted by atomic mass is 19.1. The van der Waals surface area contributed by atoms with Crippen LogP contribution in [0.5, 0.6) is 0 Å². The summed E-state index contributed by atoms with van der Waals surface area (Å²) in [5.41, 5.74) is 2.28. The SMILES string of the molecule is OC(CN1CCC(c2oc(-c3ccc(F)cc3)nc2-c2ncccn2)CC1)c1ccccc1. The van der Waals surface area contributed by atoms with Crippen LogP contribution in [0, 0.1) is 5.82 Å². The minimum atomic E-state index is -0.508. The van der Waals surface area contributed by atoms with Crippen molar-refractivity contribution in [1.29, 1.82) is 0 Å². The van der Waals surface area contributed by atoms with Gasteiger partial charge in [-0.05, 0) is 61.8 Å². The van der Waals surface area contributed by atoms with E-state index >= 15 is 0 Å². The Morgan fingerprint density at radius 3 is 2.36 bits per heavy atom. The summed E-state index contributed by atoms with van der Waals surface area (Å²) in [5.74, 6) is 1.59. The van der Waals surface area contributed by atoms with Crippen LogP contribution >= 0.6 is 0 Å². The van der Waals surface area contributed by atoms with Crippen molar-refractivity contribution in [1.82, 2.24) is 19.9 Å². The lowest BCUT2D eigenvalue weighted by Crippen LogP contribution is -2.36. The van der Waals surface area contributed by atoms with Crippen LogP contribution < -0.4 is 0 Å². The quantitative estimate of drug-likeness (QED) is 0.458. The van der Waals surface area contributed by atoms with Gasteiger partial charge in [-0.2, -0.15) is 0 Å². The summed E-state index contributed by atoms with van der Waals surface area (Å²) in [6.45, 7) is 2.29. The van der Waals surface area contributed by atoms with E-state index in [0.717, 1.165) is 37.3 Å². The number of benzene rings is 2. The molecule has 0 spiro atoms. The molecule has 3 heterocycles. The van der Waals surface area contributed by atoms with Gasteiger partial charge in [0, 0.05) is 30.4 Å². The second-order valence-electron chi connectivity index (χ2n) is 8.31. The van der Waals surface area contributed by atoms with Crippen molar-refractivity contribution in [3.63, 3.8) is 0 Å². The van der Waals surface area contributed by atoms with Crippen molar-refractivity contribution >= 4 is 0 Å². The zero-order chi connectivity index (χ0) is 22.6. The fourth-order valence-corrected chi connectivity index (χ4v) is 4.31. The Morgan fingerprint density at radius 2 is 1.67 bits per heavy atom. The summed E-state index contributed by atoms with van der Waals surface area (Å²) in [6.07, 6.45) is 4.61. The first-order valence-electron chi connectivity index (χ1n) is 11.2. The first-order chi connectivity index (χ1) is 16.2. The first kappa shape index (κ1) is 21.4. The highest BCUT2D eigenvalue weighted by Gasteiger charge is 2.29. The smallest absolute Gasteiger partial charge is 0.227 e. The summed E-state index contributed by atoms with van der Waals surface area (Å²) in [5, 5.41) is 10.6. The zero-order valence-electron chi connectivity index (χ0n) is 18.1. The van der Waals surface area contributed by atoms with E-state index in [-0.39, 0.29) is 11.7 Å². The molecule has 1 aliphatic rings. The van der Waals surface area contributed by atoms with Crippen molar-refractivity contribution in [2.24, 2.45) is 0 Å². The molecule has 168 valence electrons. The Kier molecular flexibility index (Phi) is 6.24. The van der Waals surface area contributed by atoms with E-state index in [9.17, 15) is 9.50 Å². The van der Waals surface area contributed by atoms with Gasteiger partial charge in [-0.25, -0.2) is 19.3 Å². The highest BCUT2D eigenvalue weighted by Crippen LogP contribution is 2.37. The molecule has 0 amide bonds. The fraction of sp³-hybridized carbons (Fsp3) is 0.269. The molecule has 6 nitrogen and oxygen atoms in total. The van der Waals surface area contributed by atoms with Crippen molar-refractivity contribution < 1.29 is 13.9 Å². The van der Waals surface area contributed by atoms with E-state index in [1.54, 1.807) is 30.6 Å². The van der Waals surface area contributed by atoms with Crippen molar-refractivity contribution in [2.75, 3.05) is 19.6 Å². The molecule has 0 radical (unpaired) electrons. The van der Waals surface area contributed by atoms with E-state index in [0.29, 0.717) is 29.5 Å². The predicted molar refractivity (Wildman–Crippen MR) is 123 cm³/mol. The molecule has 33 heavy (non-hydrogen) atoms. The molecule has 7 heteroatoms. The first-order valence-corrected chi connectivity index (χ1v) is 11.2. The molecular formula is C26H25FN4O2. The number of β-amino-alcohol motifs (C(OH)–C–C–N with tert-alkyl or cyclic N) is 1. The number of nitrogens with zero attached hydrogens (tertiary/aromatic N) is 4. The van der Waals surface area contributed by atoms with Crippen LogP contribution in [-0.4, -0.2) is 44.6 Å². The third kappa shape index (κ3) is 4.84. The van der Waals surface area contributed by atoms with Crippen LogP contribution in [0.3, 0.4) is 0 Å². The minimum Gasteiger partial charge on any atom is -0.440 e. The minimum absolute atomic E-state index is 0.163. The fourth-order valence-electron chi connectivity index (χ4n) is 4.31. The number of halogens is 1. The van der Waals surface area contributed by atoms with Gasteiger partial charge in [0.2, 0.25) is 5.89 Å². The van der Waals surface area contributed by atoms with E-state index < -0.39 is 6.10 Å². The van der Waals surface area contributed by atoms with E-state index in [1.165, 1.54) is 12.1 Å². The molecule has 1 saturated heterocycles. The number of rotatable bonds is 6. The van der Waals surface area contributed by atoms with Crippen LogP contribution in [0.1, 0.15) is 36.2 Å². The molecule has 1 N–H and O–H groups in total. The van der Waals surface area contributed by atoms with Crippen LogP contribution in [-0.2, 0) is 0 Å². The lowest BCUT2D eigenvalue weighted by Gasteiger charge is -2.32. The van der Waals surface area contributed by atoms with Crippen molar-refractivity contribution in [3.05, 3.63) is 90.2 Å². The lowest BCUT2D eigenvalue weighted by atomic mass is 9.92. The number of likely N-dealkylation sites (tertiary alicyclic amines) is 1. The molecule has 1 atom stereocenters. The third-order valence-corrected chi connectivity index (χ3v) is 6.10. The molecule has 0 aliphatic carbocycles. The van der Waals surface area contributed by atoms with Crippen LogP contribution in [0.2, 0.25) is 0 Å². The average Bonchev–Trinajstić information content (AvgIpc) is 3.31. The number of piperidine rings is 1. The van der Waals surface area contributed by atoms with Gasteiger partial charge in [0.25, 0.3) is 0 Å². The van der Waals surface area contributed by atoms with Gasteiger partial charge in [0.05, 0.1) is 6.10 Å². The van der Waals surface area contributed by atoms with Gasteiger partial charge in [-0.1, -0.05) is 30.3 Å². The summed E-state index contributed by atoms with van der Waals surface area (Å²) in [7, 11) is 0. The van der Waals surface area contributed by atoms with Gasteiger partial charge in [-0.15, -0.1) is 0 Å². The summed E-state index contributed by atoms with van der Waals surface area (Å²) in [6, 6.07) is 17.6. The molecule has 0 bridgehead atoms. The van der Waals surface area contributed by atoms with Gasteiger partial charge in [0.15, 0.2) is 11.5 Å². The van der Waals surface area contributed by atoms with Crippen LogP contribution in [0.15, 0.2) is 77.5 Å². The highest BCUT2D eigenvalue weighted by molar-refractivity contribution is 5.61. The molecule has 5 rings (SSSR count). The third-order valence-electron chi connectivity index (χ3n) is 6.10. The normalized spacial score (nSPS) is 16.1. The Morgan fingerprint density at radius 1 is 0.970 bits per heavy atom. The van der Waals surface area contributed by atoms with E-state index in [4.69, 9.17) is 9.40 Å². The Hall–Kier alpha value is -3.42. The molecule has 4 aromatic rings. The maximum absolute atomic E-state index is 13.4. The van der Waals surface area contributed by atoms with Gasteiger partial charge in [-0.3, -0.25) is 0 Å². The number of hydrogen-bond donors (Lipinski definition) is 1. The Bertz CT molecular complexity index is 1170. The van der Waals surface area contributed by atoms with Crippen molar-refractivity contribution in [3.8, 4) is 23.0 Å². The number of hydrogen-bond acceptors (Lipinski definition) is 6. The van der Waals surface area contributed by atoms with E-state index in [1.807, 2.05) is 30.3 Å². The molecule has 2 aromatic carbocycles. The number of aliphatic hydroxyl groups excluding tert-OH is 1. The molecule has 2 aromatic heterocycles. The standard InChI is InChI=1S/C26H25FN4O2/c27-21-9-7-20(8-10-21)26-30-23(25-28-13-4-14-29-25)24(33-26)19-11-15-31(16-12-19)17-22(32)18-5-2-1-3-6-18/h1-10,13-14,19,22,32H,11-12,15-17H2. The maximum atomic E-state index is 13.4. The summed E-state index contributed by atoms with van der Waals surface area (Å²) < 4.78 is 19.6. The average molecular weight is 445 g/mol. The summed E-state index contributed by atoms with van der Waals surface area (Å²) >= 11 is 0. The number of oxazole rings is 1. The monoisotopic (exact) mass is 444 g/mol. The second kappa shape index (κ2) is 9.60. The van der Waals surface area contributed by atoms with Gasteiger partial charge < -0.3 is 14.4 Å². The summed E-state index contributed by atoms with van der Waals surface area (Å²) in [4.78, 5) is 15.7. The molecule has 0 saturated carbocycles. The predicted octanol–water partition coefficient (Wildman–Crippen LogP) is 4.85. The second-order valence-corrected chi connectivity index (χ2v) is 8.31. The van der Waals surface area contributed by atoms with Crippen molar-refractivity contribution in [2.45, 2.75) is 24.9 Å². The number of aliphatic hydroxyl groups is 1. The molecule has 1 aliphatic heterocycles. The van der Waals surface area contributed by atoms with Crippen LogP contribution in [0.4, 0.5) is 4.39 Å². The van der Waals surface area contributed by atoms with Gasteiger partial charge in [0.1, 0.15) is 11.6 Å². The Labute approximate surface area is 191 Å². The zero-order valence-corrected chi connectivity index (χ0v) is 18.1. The van der Waals surface area contributed by atoms with E-state index in [2.05, 4.69) is 14.9 Å². The number of aromatic nitrogens is 3. The van der Waals surface area contributed by atoms with Gasteiger partial charge >= 0.3 is 0 Å². The molecular weight excluding hydrogens is 419 g/mol. The topological polar surface area (TPSA) is 75.3 Å².